The number of hydrogen-bond donors (Lipinski definition) is 0. The lowest BCUT2D eigenvalue weighted by molar-refractivity contribution is 0.350. The van der Waals surface area contributed by atoms with Crippen LogP contribution in [0.15, 0.2) is 42.5 Å². The molecule has 0 bridgehead atoms. The van der Waals surface area contributed by atoms with E-state index in [0.717, 1.165) is 6.42 Å². The van der Waals surface area contributed by atoms with E-state index >= 15 is 0 Å². The van der Waals surface area contributed by atoms with Crippen molar-refractivity contribution in [3.63, 3.8) is 0 Å². The number of benzene rings is 2. The Balaban J connectivity index is 1.70. The van der Waals surface area contributed by atoms with Crippen molar-refractivity contribution in [1.82, 2.24) is 9.55 Å². The molecule has 1 aromatic heterocycles. The highest BCUT2D eigenvalue weighted by molar-refractivity contribution is 5.86. The summed E-state index contributed by atoms with van der Waals surface area (Å²) in [7, 11) is 2.24. The monoisotopic (exact) mass is 387 g/mol. The van der Waals surface area contributed by atoms with Crippen LogP contribution in [0.4, 0.5) is 5.69 Å². The Morgan fingerprint density at radius 3 is 2.48 bits per heavy atom. The summed E-state index contributed by atoms with van der Waals surface area (Å²) < 4.78 is 2.63. The Labute approximate surface area is 174 Å². The van der Waals surface area contributed by atoms with Crippen molar-refractivity contribution in [1.29, 1.82) is 0 Å². The molecule has 2 atom stereocenters. The number of aryl methyl sites for hydroxylation is 1. The van der Waals surface area contributed by atoms with Gasteiger partial charge in [0.2, 0.25) is 0 Å². The Morgan fingerprint density at radius 1 is 0.966 bits per heavy atom. The number of imidazole rings is 1. The number of anilines is 1. The van der Waals surface area contributed by atoms with Crippen LogP contribution < -0.4 is 4.90 Å². The van der Waals surface area contributed by atoms with Gasteiger partial charge in [-0.3, -0.25) is 0 Å². The molecule has 3 heteroatoms. The number of aromatic nitrogens is 2. The highest BCUT2D eigenvalue weighted by Crippen LogP contribution is 2.40. The van der Waals surface area contributed by atoms with Gasteiger partial charge < -0.3 is 9.47 Å². The molecule has 0 N–H and O–H groups in total. The highest BCUT2D eigenvalue weighted by atomic mass is 15.2. The lowest BCUT2D eigenvalue weighted by Gasteiger charge is -2.34. The predicted octanol–water partition coefficient (Wildman–Crippen LogP) is 6.46. The predicted molar refractivity (Wildman–Crippen MR) is 122 cm³/mol. The van der Waals surface area contributed by atoms with Gasteiger partial charge in [0.15, 0.2) is 0 Å². The zero-order valence-electron chi connectivity index (χ0n) is 18.1. The number of fused-ring (bicyclic) bond motifs is 3. The number of nitrogens with zero attached hydrogens (tertiary/aromatic N) is 3. The van der Waals surface area contributed by atoms with Crippen LogP contribution >= 0.6 is 0 Å². The third-order valence-electron chi connectivity index (χ3n) is 7.45. The van der Waals surface area contributed by atoms with Crippen LogP contribution in [0.25, 0.3) is 11.0 Å². The molecule has 2 aromatic carbocycles. The van der Waals surface area contributed by atoms with Gasteiger partial charge in [-0.1, -0.05) is 56.5 Å². The van der Waals surface area contributed by atoms with E-state index in [-0.39, 0.29) is 0 Å². The fourth-order valence-electron chi connectivity index (χ4n) is 5.50. The normalized spacial score (nSPS) is 21.3. The molecule has 0 amide bonds. The van der Waals surface area contributed by atoms with Crippen LogP contribution in [0.2, 0.25) is 0 Å². The first kappa shape index (κ1) is 18.7. The molecule has 152 valence electrons. The molecular weight excluding hydrogens is 354 g/mol. The SMILES string of the molecule is CC(c1ccccc1)c1nc2c3c(ccc2n1C1CCCCC1)N(C)[C@@H](C)CC3. The van der Waals surface area contributed by atoms with Crippen molar-refractivity contribution in [2.24, 2.45) is 0 Å². The molecule has 0 radical (unpaired) electrons. The average Bonchev–Trinajstić information content (AvgIpc) is 3.17. The first-order valence-corrected chi connectivity index (χ1v) is 11.5. The maximum atomic E-state index is 5.37. The van der Waals surface area contributed by atoms with Crippen molar-refractivity contribution < 1.29 is 0 Å². The number of hydrogen-bond acceptors (Lipinski definition) is 2. The van der Waals surface area contributed by atoms with Crippen molar-refractivity contribution in [2.45, 2.75) is 76.8 Å². The van der Waals surface area contributed by atoms with E-state index < -0.39 is 0 Å². The Kier molecular flexibility index (Phi) is 4.85. The molecule has 2 heterocycles. The van der Waals surface area contributed by atoms with Crippen LogP contribution in [-0.2, 0) is 6.42 Å². The second kappa shape index (κ2) is 7.51. The topological polar surface area (TPSA) is 21.1 Å². The third-order valence-corrected chi connectivity index (χ3v) is 7.45. The maximum absolute atomic E-state index is 5.37. The summed E-state index contributed by atoms with van der Waals surface area (Å²) in [6.07, 6.45) is 8.98. The molecule has 1 aliphatic carbocycles. The molecule has 0 spiro atoms. The van der Waals surface area contributed by atoms with Gasteiger partial charge in [-0.15, -0.1) is 0 Å². The lowest BCUT2D eigenvalue weighted by atomic mass is 9.93. The molecule has 29 heavy (non-hydrogen) atoms. The van der Waals surface area contributed by atoms with Gasteiger partial charge in [-0.2, -0.15) is 0 Å². The van der Waals surface area contributed by atoms with Crippen LogP contribution in [0.5, 0.6) is 0 Å². The minimum absolute atomic E-state index is 0.307. The van der Waals surface area contributed by atoms with E-state index in [0.29, 0.717) is 18.0 Å². The van der Waals surface area contributed by atoms with E-state index in [1.807, 2.05) is 0 Å². The smallest absolute Gasteiger partial charge is 0.117 e. The molecule has 1 saturated carbocycles. The van der Waals surface area contributed by atoms with Crippen LogP contribution in [0.1, 0.15) is 81.3 Å². The Hall–Kier alpha value is -2.29. The van der Waals surface area contributed by atoms with Crippen LogP contribution in [-0.4, -0.2) is 22.6 Å². The fraction of sp³-hybridized carbons (Fsp3) is 0.500. The van der Waals surface area contributed by atoms with Crippen LogP contribution in [0.3, 0.4) is 0 Å². The molecule has 2 aliphatic rings. The summed E-state index contributed by atoms with van der Waals surface area (Å²) in [6.45, 7) is 4.66. The summed E-state index contributed by atoms with van der Waals surface area (Å²) in [6, 6.07) is 16.8. The molecule has 1 aliphatic heterocycles. The zero-order chi connectivity index (χ0) is 20.0. The summed E-state index contributed by atoms with van der Waals surface area (Å²) in [5, 5.41) is 0. The molecule has 3 nitrogen and oxygen atoms in total. The maximum Gasteiger partial charge on any atom is 0.117 e. The van der Waals surface area contributed by atoms with Gasteiger partial charge in [0.05, 0.1) is 11.0 Å². The van der Waals surface area contributed by atoms with Crippen molar-refractivity contribution in [2.75, 3.05) is 11.9 Å². The number of rotatable bonds is 3. The summed E-state index contributed by atoms with van der Waals surface area (Å²) in [5.41, 5.74) is 6.81. The minimum atomic E-state index is 0.307. The Bertz CT molecular complexity index is 998. The van der Waals surface area contributed by atoms with E-state index in [1.165, 1.54) is 72.2 Å². The first-order valence-electron chi connectivity index (χ1n) is 11.5. The van der Waals surface area contributed by atoms with E-state index in [9.17, 15) is 0 Å². The van der Waals surface area contributed by atoms with Gasteiger partial charge in [0, 0.05) is 36.3 Å². The molecule has 1 fully saturated rings. The third kappa shape index (κ3) is 3.15. The molecule has 1 unspecified atom stereocenters. The minimum Gasteiger partial charge on any atom is -0.372 e. The molecule has 0 saturated heterocycles. The van der Waals surface area contributed by atoms with E-state index in [4.69, 9.17) is 4.98 Å². The second-order valence-corrected chi connectivity index (χ2v) is 9.19. The van der Waals surface area contributed by atoms with Gasteiger partial charge in [-0.05, 0) is 50.3 Å². The molecule has 3 aromatic rings. The summed E-state index contributed by atoms with van der Waals surface area (Å²) in [5.74, 6) is 1.56. The fourth-order valence-corrected chi connectivity index (χ4v) is 5.50. The highest BCUT2D eigenvalue weighted by Gasteiger charge is 2.29. The largest absolute Gasteiger partial charge is 0.372 e. The average molecular weight is 388 g/mol. The van der Waals surface area contributed by atoms with Gasteiger partial charge >= 0.3 is 0 Å². The van der Waals surface area contributed by atoms with E-state index in [1.54, 1.807) is 0 Å². The summed E-state index contributed by atoms with van der Waals surface area (Å²) in [4.78, 5) is 7.82. The quantitative estimate of drug-likeness (QED) is 0.514. The zero-order valence-corrected chi connectivity index (χ0v) is 18.1. The standard InChI is InChI=1S/C26H33N3/c1-18-14-15-22-23(28(18)3)16-17-24-25(22)27-26(19(2)20-10-6-4-7-11-20)29(24)21-12-8-5-9-13-21/h4,6-7,10-11,16-19,21H,5,8-9,12-15H2,1-3H3/t18-,19?/m0/s1. The van der Waals surface area contributed by atoms with Crippen LogP contribution in [0, 0.1) is 0 Å². The van der Waals surface area contributed by atoms with Crippen molar-refractivity contribution in [3.05, 3.63) is 59.4 Å². The van der Waals surface area contributed by atoms with Gasteiger partial charge in [0.25, 0.3) is 0 Å². The first-order chi connectivity index (χ1) is 14.1. The lowest BCUT2D eigenvalue weighted by Crippen LogP contribution is -2.33. The van der Waals surface area contributed by atoms with Gasteiger partial charge in [-0.25, -0.2) is 4.98 Å². The summed E-state index contributed by atoms with van der Waals surface area (Å²) >= 11 is 0. The van der Waals surface area contributed by atoms with Crippen molar-refractivity contribution in [3.8, 4) is 0 Å². The second-order valence-electron chi connectivity index (χ2n) is 9.19. The van der Waals surface area contributed by atoms with Crippen molar-refractivity contribution >= 4 is 16.7 Å². The Morgan fingerprint density at radius 2 is 1.72 bits per heavy atom. The van der Waals surface area contributed by atoms with E-state index in [2.05, 4.69) is 72.8 Å². The molecule has 5 rings (SSSR count). The molecular formula is C26H33N3. The van der Waals surface area contributed by atoms with Gasteiger partial charge in [0.1, 0.15) is 5.82 Å².